The minimum Gasteiger partial charge on any atom is -0.338 e. The van der Waals surface area contributed by atoms with E-state index in [0.29, 0.717) is 22.8 Å². The molecule has 162 valence electrons. The van der Waals surface area contributed by atoms with Crippen LogP contribution in [0.3, 0.4) is 0 Å². The Hall–Kier alpha value is -2.65. The van der Waals surface area contributed by atoms with E-state index < -0.39 is 17.2 Å². The van der Waals surface area contributed by atoms with Gasteiger partial charge in [0, 0.05) is 11.4 Å². The van der Waals surface area contributed by atoms with Crippen molar-refractivity contribution in [2.75, 3.05) is 6.54 Å². The van der Waals surface area contributed by atoms with Crippen molar-refractivity contribution in [3.8, 4) is 5.69 Å². The summed E-state index contributed by atoms with van der Waals surface area (Å²) in [6.45, 7) is 5.89. The highest BCUT2D eigenvalue weighted by atomic mass is 32.2. The van der Waals surface area contributed by atoms with E-state index in [0.717, 1.165) is 35.2 Å². The van der Waals surface area contributed by atoms with Gasteiger partial charge in [-0.2, -0.15) is 0 Å². The lowest BCUT2D eigenvalue weighted by Crippen LogP contribution is -2.42. The first kappa shape index (κ1) is 21.6. The number of rotatable bonds is 5. The van der Waals surface area contributed by atoms with Crippen molar-refractivity contribution < 1.29 is 9.59 Å². The van der Waals surface area contributed by atoms with Crippen LogP contribution in [0.1, 0.15) is 36.3 Å². The molecule has 1 atom stereocenters. The topological polar surface area (TPSA) is 93.1 Å². The average Bonchev–Trinajstić information content (AvgIpc) is 3.30. The minimum atomic E-state index is -0.615. The Morgan fingerprint density at radius 1 is 1.26 bits per heavy atom. The maximum atomic E-state index is 13.6. The second-order valence-corrected chi connectivity index (χ2v) is 9.91. The number of benzene rings is 1. The van der Waals surface area contributed by atoms with Crippen molar-refractivity contribution in [3.05, 3.63) is 50.6 Å². The summed E-state index contributed by atoms with van der Waals surface area (Å²) in [6.07, 6.45) is 2.95. The number of urea groups is 1. The van der Waals surface area contributed by atoms with Crippen LogP contribution < -0.4 is 16.2 Å². The third-order valence-corrected chi connectivity index (χ3v) is 7.46. The summed E-state index contributed by atoms with van der Waals surface area (Å²) in [7, 11) is 0. The van der Waals surface area contributed by atoms with Crippen LogP contribution in [0.2, 0.25) is 0 Å². The number of carbonyl (C=O) groups is 2. The Kier molecular flexibility index (Phi) is 6.15. The fraction of sp³-hybridized carbons (Fsp3) is 0.364. The molecule has 0 spiro atoms. The third-order valence-electron chi connectivity index (χ3n) is 5.23. The van der Waals surface area contributed by atoms with Crippen LogP contribution in [0.25, 0.3) is 15.9 Å². The van der Waals surface area contributed by atoms with Gasteiger partial charge in [-0.3, -0.25) is 19.5 Å². The Morgan fingerprint density at radius 2 is 2.00 bits per heavy atom. The fourth-order valence-corrected chi connectivity index (χ4v) is 5.88. The number of aromatic nitrogens is 2. The number of hydrogen-bond acceptors (Lipinski definition) is 6. The van der Waals surface area contributed by atoms with Crippen LogP contribution in [0, 0.1) is 6.92 Å². The first-order chi connectivity index (χ1) is 14.9. The largest absolute Gasteiger partial charge is 0.338 e. The van der Waals surface area contributed by atoms with Crippen molar-refractivity contribution in [2.45, 2.75) is 50.4 Å². The molecule has 0 radical (unpaired) electrons. The maximum Gasteiger partial charge on any atom is 0.321 e. The molecular weight excluding hydrogens is 432 g/mol. The van der Waals surface area contributed by atoms with E-state index in [4.69, 9.17) is 4.98 Å². The summed E-state index contributed by atoms with van der Waals surface area (Å²) in [5.74, 6) is -0.436. The summed E-state index contributed by atoms with van der Waals surface area (Å²) < 4.78 is 1.59. The van der Waals surface area contributed by atoms with Gasteiger partial charge in [0.15, 0.2) is 5.16 Å². The van der Waals surface area contributed by atoms with Gasteiger partial charge in [0.2, 0.25) is 5.91 Å². The lowest BCUT2D eigenvalue weighted by Gasteiger charge is -2.16. The zero-order valence-corrected chi connectivity index (χ0v) is 19.3. The predicted octanol–water partition coefficient (Wildman–Crippen LogP) is 3.57. The molecule has 0 fully saturated rings. The second kappa shape index (κ2) is 8.84. The number of thioether (sulfide) groups is 1. The van der Waals surface area contributed by atoms with Gasteiger partial charge in [-0.25, -0.2) is 9.78 Å². The molecule has 0 saturated heterocycles. The van der Waals surface area contributed by atoms with E-state index in [1.807, 2.05) is 31.2 Å². The lowest BCUT2D eigenvalue weighted by molar-refractivity contribution is -0.119. The zero-order chi connectivity index (χ0) is 22.1. The van der Waals surface area contributed by atoms with Gasteiger partial charge in [0.25, 0.3) is 5.56 Å². The summed E-state index contributed by atoms with van der Waals surface area (Å²) >= 11 is 2.74. The Bertz CT molecular complexity index is 1210. The van der Waals surface area contributed by atoms with Gasteiger partial charge in [0.05, 0.1) is 16.3 Å². The first-order valence-corrected chi connectivity index (χ1v) is 12.0. The number of carbonyl (C=O) groups excluding carboxylic acids is 2. The zero-order valence-electron chi connectivity index (χ0n) is 17.7. The number of amides is 3. The third kappa shape index (κ3) is 4.24. The molecule has 9 heteroatoms. The van der Waals surface area contributed by atoms with E-state index in [1.54, 1.807) is 29.8 Å². The van der Waals surface area contributed by atoms with E-state index in [-0.39, 0.29) is 5.56 Å². The summed E-state index contributed by atoms with van der Waals surface area (Å²) in [4.78, 5) is 44.6. The van der Waals surface area contributed by atoms with Gasteiger partial charge in [-0.15, -0.1) is 11.3 Å². The lowest BCUT2D eigenvalue weighted by atomic mass is 10.2. The molecule has 0 saturated carbocycles. The van der Waals surface area contributed by atoms with Crippen LogP contribution in [0.15, 0.2) is 34.2 Å². The summed E-state index contributed by atoms with van der Waals surface area (Å²) in [6, 6.07) is 7.14. The number of hydrogen-bond donors (Lipinski definition) is 2. The van der Waals surface area contributed by atoms with Crippen molar-refractivity contribution in [1.29, 1.82) is 0 Å². The quantitative estimate of drug-likeness (QED) is 0.452. The Balaban J connectivity index is 1.77. The smallest absolute Gasteiger partial charge is 0.321 e. The SMILES string of the molecule is CCNC(=O)NC(=O)C(C)Sc1nc2sc3c(c2c(=O)n1-c1ccc(C)cc1)CCC3. The van der Waals surface area contributed by atoms with Crippen LogP contribution in [-0.2, 0) is 17.6 Å². The molecule has 3 amide bonds. The van der Waals surface area contributed by atoms with Crippen LogP contribution in [0.5, 0.6) is 0 Å². The van der Waals surface area contributed by atoms with Crippen molar-refractivity contribution in [1.82, 2.24) is 20.2 Å². The van der Waals surface area contributed by atoms with Crippen molar-refractivity contribution in [3.63, 3.8) is 0 Å². The molecule has 1 aliphatic carbocycles. The van der Waals surface area contributed by atoms with Crippen LogP contribution in [-0.4, -0.2) is 33.3 Å². The molecule has 0 bridgehead atoms. The Morgan fingerprint density at radius 3 is 2.71 bits per heavy atom. The first-order valence-electron chi connectivity index (χ1n) is 10.3. The molecule has 31 heavy (non-hydrogen) atoms. The minimum absolute atomic E-state index is 0.105. The molecule has 2 N–H and O–H groups in total. The molecular formula is C22H24N4O3S2. The van der Waals surface area contributed by atoms with Gasteiger partial charge >= 0.3 is 6.03 Å². The van der Waals surface area contributed by atoms with Gasteiger partial charge in [-0.05, 0) is 57.7 Å². The van der Waals surface area contributed by atoms with E-state index in [1.165, 1.54) is 16.6 Å². The standard InChI is InChI=1S/C22H24N4O3S2/c1-4-23-21(29)24-18(27)13(3)30-22-25-19-17(15-6-5-7-16(15)31-19)20(28)26(22)14-10-8-12(2)9-11-14/h8-11,13H,4-7H2,1-3H3,(H2,23,24,27,29). The molecule has 1 aliphatic rings. The molecule has 2 heterocycles. The second-order valence-electron chi connectivity index (χ2n) is 7.52. The van der Waals surface area contributed by atoms with Crippen molar-refractivity contribution in [2.24, 2.45) is 0 Å². The molecule has 0 aliphatic heterocycles. The van der Waals surface area contributed by atoms with Crippen molar-refractivity contribution >= 4 is 45.3 Å². The molecule has 1 unspecified atom stereocenters. The van der Waals surface area contributed by atoms with Gasteiger partial charge in [0.1, 0.15) is 4.83 Å². The van der Waals surface area contributed by atoms with Gasteiger partial charge < -0.3 is 5.32 Å². The number of nitrogens with one attached hydrogen (secondary N) is 2. The average molecular weight is 457 g/mol. The Labute approximate surface area is 188 Å². The molecule has 7 nitrogen and oxygen atoms in total. The highest BCUT2D eigenvalue weighted by Crippen LogP contribution is 2.36. The maximum absolute atomic E-state index is 13.6. The van der Waals surface area contributed by atoms with E-state index in [2.05, 4.69) is 10.6 Å². The highest BCUT2D eigenvalue weighted by molar-refractivity contribution is 8.00. The van der Waals surface area contributed by atoms with Gasteiger partial charge in [-0.1, -0.05) is 29.5 Å². The monoisotopic (exact) mass is 456 g/mol. The molecule has 2 aromatic heterocycles. The molecule has 4 rings (SSSR count). The van der Waals surface area contributed by atoms with Crippen LogP contribution in [0.4, 0.5) is 4.79 Å². The van der Waals surface area contributed by atoms with E-state index in [9.17, 15) is 14.4 Å². The number of aryl methyl sites for hydroxylation is 3. The summed E-state index contributed by atoms with van der Waals surface area (Å²) in [5, 5.41) is 5.40. The molecule has 1 aromatic carbocycles. The number of imide groups is 1. The predicted molar refractivity (Wildman–Crippen MR) is 125 cm³/mol. The van der Waals surface area contributed by atoms with Crippen LogP contribution >= 0.6 is 23.1 Å². The number of thiophene rings is 1. The number of nitrogens with zero attached hydrogens (tertiary/aromatic N) is 2. The fourth-order valence-electron chi connectivity index (χ4n) is 3.66. The normalized spacial score (nSPS) is 13.8. The highest BCUT2D eigenvalue weighted by Gasteiger charge is 2.26. The number of fused-ring (bicyclic) bond motifs is 3. The summed E-state index contributed by atoms with van der Waals surface area (Å²) in [5.41, 5.74) is 2.82. The molecule has 3 aromatic rings. The van der Waals surface area contributed by atoms with E-state index >= 15 is 0 Å².